The molecular weight excluding hydrogens is 236 g/mol. The summed E-state index contributed by atoms with van der Waals surface area (Å²) in [5.41, 5.74) is -0.567. The first-order valence-corrected chi connectivity index (χ1v) is 6.23. The van der Waals surface area contributed by atoms with Gasteiger partial charge in [-0.15, -0.1) is 0 Å². The second-order valence-electron chi connectivity index (χ2n) is 5.90. The van der Waals surface area contributed by atoms with E-state index in [2.05, 4.69) is 5.32 Å². The largest absolute Gasteiger partial charge is 0.444 e. The van der Waals surface area contributed by atoms with Gasteiger partial charge in [-0.2, -0.15) is 0 Å². The number of hydrogen-bond donors (Lipinski definition) is 2. The number of piperidine rings is 1. The standard InChI is InChI=1S/C12H20N2O4/c1-12(2,3)18-11(17)14-8-4-7(8)5-9(14)10(16)13-6-15/h7-9,15H,4-6H2,1-3H3,(H,13,16)/t7-,8-,9-/m0/s1. The van der Waals surface area contributed by atoms with E-state index in [1.54, 1.807) is 20.8 Å². The van der Waals surface area contributed by atoms with Crippen molar-refractivity contribution in [2.75, 3.05) is 6.73 Å². The van der Waals surface area contributed by atoms with E-state index in [1.807, 2.05) is 0 Å². The number of rotatable bonds is 2. The monoisotopic (exact) mass is 256 g/mol. The van der Waals surface area contributed by atoms with Gasteiger partial charge in [-0.25, -0.2) is 4.79 Å². The quantitative estimate of drug-likeness (QED) is 0.703. The Balaban J connectivity index is 2.04. The van der Waals surface area contributed by atoms with Gasteiger partial charge in [-0.05, 0) is 39.5 Å². The van der Waals surface area contributed by atoms with Gasteiger partial charge in [0.1, 0.15) is 18.4 Å². The summed E-state index contributed by atoms with van der Waals surface area (Å²) < 4.78 is 5.32. The molecule has 2 fully saturated rings. The van der Waals surface area contributed by atoms with Gasteiger partial charge < -0.3 is 15.2 Å². The molecular formula is C12H20N2O4. The van der Waals surface area contributed by atoms with Crippen LogP contribution >= 0.6 is 0 Å². The molecule has 1 saturated carbocycles. The van der Waals surface area contributed by atoms with Crippen LogP contribution in [0.1, 0.15) is 33.6 Å². The number of nitrogens with zero attached hydrogens (tertiary/aromatic N) is 1. The van der Waals surface area contributed by atoms with Gasteiger partial charge in [0.05, 0.1) is 0 Å². The number of nitrogens with one attached hydrogen (secondary N) is 1. The normalized spacial score (nSPS) is 29.8. The highest BCUT2D eigenvalue weighted by atomic mass is 16.6. The number of ether oxygens (including phenoxy) is 1. The minimum atomic E-state index is -0.567. The second-order valence-corrected chi connectivity index (χ2v) is 5.90. The van der Waals surface area contributed by atoms with Crippen LogP contribution in [0.2, 0.25) is 0 Å². The van der Waals surface area contributed by atoms with E-state index in [0.29, 0.717) is 12.3 Å². The molecule has 1 aliphatic heterocycles. The first-order valence-electron chi connectivity index (χ1n) is 6.23. The number of fused-ring (bicyclic) bond motifs is 1. The Morgan fingerprint density at radius 2 is 2.06 bits per heavy atom. The zero-order chi connectivity index (χ0) is 13.5. The second kappa shape index (κ2) is 4.42. The highest BCUT2D eigenvalue weighted by Gasteiger charge is 2.57. The first kappa shape index (κ1) is 13.1. The van der Waals surface area contributed by atoms with Gasteiger partial charge in [-0.3, -0.25) is 9.69 Å². The molecule has 6 heteroatoms. The van der Waals surface area contributed by atoms with Crippen LogP contribution in [0.4, 0.5) is 4.79 Å². The van der Waals surface area contributed by atoms with Crippen LogP contribution in [0, 0.1) is 5.92 Å². The van der Waals surface area contributed by atoms with E-state index in [4.69, 9.17) is 9.84 Å². The van der Waals surface area contributed by atoms with Gasteiger partial charge >= 0.3 is 6.09 Å². The number of carbonyl (C=O) groups is 2. The smallest absolute Gasteiger partial charge is 0.411 e. The lowest BCUT2D eigenvalue weighted by Crippen LogP contribution is -2.49. The van der Waals surface area contributed by atoms with Crippen molar-refractivity contribution in [3.05, 3.63) is 0 Å². The van der Waals surface area contributed by atoms with Crippen LogP contribution < -0.4 is 5.32 Å². The minimum absolute atomic E-state index is 0.134. The van der Waals surface area contributed by atoms with Crippen LogP contribution in [0.25, 0.3) is 0 Å². The van der Waals surface area contributed by atoms with Gasteiger partial charge in [0.15, 0.2) is 0 Å². The van der Waals surface area contributed by atoms with Crippen LogP contribution in [-0.2, 0) is 9.53 Å². The van der Waals surface area contributed by atoms with E-state index in [1.165, 1.54) is 4.90 Å². The third-order valence-corrected chi connectivity index (χ3v) is 3.26. The van der Waals surface area contributed by atoms with Crippen molar-refractivity contribution in [3.8, 4) is 0 Å². The molecule has 0 aromatic carbocycles. The Kier molecular flexibility index (Phi) is 3.23. The molecule has 2 aliphatic rings. The summed E-state index contributed by atoms with van der Waals surface area (Å²) >= 11 is 0. The summed E-state index contributed by atoms with van der Waals surface area (Å²) in [7, 11) is 0. The zero-order valence-corrected chi connectivity index (χ0v) is 11.0. The molecule has 18 heavy (non-hydrogen) atoms. The number of aliphatic hydroxyl groups is 1. The summed E-state index contributed by atoms with van der Waals surface area (Å²) in [5, 5.41) is 11.1. The van der Waals surface area contributed by atoms with Gasteiger partial charge in [-0.1, -0.05) is 0 Å². The summed E-state index contributed by atoms with van der Waals surface area (Å²) in [6.45, 7) is 4.99. The number of amides is 2. The molecule has 0 aromatic rings. The van der Waals surface area contributed by atoms with Gasteiger partial charge in [0.25, 0.3) is 0 Å². The molecule has 2 amide bonds. The Morgan fingerprint density at radius 1 is 1.39 bits per heavy atom. The lowest BCUT2D eigenvalue weighted by molar-refractivity contribution is -0.127. The maximum absolute atomic E-state index is 12.1. The molecule has 1 heterocycles. The number of aliphatic hydroxyl groups excluding tert-OH is 1. The highest BCUT2D eigenvalue weighted by molar-refractivity contribution is 5.87. The molecule has 1 saturated heterocycles. The third-order valence-electron chi connectivity index (χ3n) is 3.26. The Hall–Kier alpha value is -1.30. The molecule has 1 aliphatic carbocycles. The SMILES string of the molecule is CC(C)(C)OC(=O)N1[C@H](C(=O)NCO)C[C@@H]2C[C@@H]21. The molecule has 2 rings (SSSR count). The lowest BCUT2D eigenvalue weighted by Gasteiger charge is -2.29. The fourth-order valence-corrected chi connectivity index (χ4v) is 2.46. The molecule has 2 N–H and O–H groups in total. The zero-order valence-electron chi connectivity index (χ0n) is 11.0. The summed E-state index contributed by atoms with van der Waals surface area (Å²) in [6.07, 6.45) is 1.17. The van der Waals surface area contributed by atoms with Crippen molar-refractivity contribution in [2.45, 2.75) is 51.3 Å². The molecule has 0 bridgehead atoms. The van der Waals surface area contributed by atoms with Gasteiger partial charge in [0.2, 0.25) is 5.91 Å². The van der Waals surface area contributed by atoms with E-state index in [9.17, 15) is 9.59 Å². The van der Waals surface area contributed by atoms with E-state index in [0.717, 1.165) is 6.42 Å². The summed E-state index contributed by atoms with van der Waals surface area (Å²) in [4.78, 5) is 25.4. The van der Waals surface area contributed by atoms with Crippen LogP contribution in [0.3, 0.4) is 0 Å². The van der Waals surface area contributed by atoms with Crippen molar-refractivity contribution in [1.82, 2.24) is 10.2 Å². The maximum Gasteiger partial charge on any atom is 0.411 e. The molecule has 3 atom stereocenters. The van der Waals surface area contributed by atoms with Crippen LogP contribution in [0.5, 0.6) is 0 Å². The topological polar surface area (TPSA) is 78.9 Å². The Labute approximate surface area is 106 Å². The van der Waals surface area contributed by atoms with E-state index >= 15 is 0 Å². The number of hydrogen-bond acceptors (Lipinski definition) is 4. The predicted molar refractivity (Wildman–Crippen MR) is 63.6 cm³/mol. The fraction of sp³-hybridized carbons (Fsp3) is 0.833. The lowest BCUT2D eigenvalue weighted by atomic mass is 10.1. The van der Waals surface area contributed by atoms with Crippen LogP contribution in [-0.4, -0.2) is 46.4 Å². The third kappa shape index (κ3) is 2.58. The summed E-state index contributed by atoms with van der Waals surface area (Å²) in [6, 6.07) is -0.370. The Bertz CT molecular complexity index is 364. The van der Waals surface area contributed by atoms with Crippen molar-refractivity contribution in [3.63, 3.8) is 0 Å². The molecule has 102 valence electrons. The maximum atomic E-state index is 12.1. The van der Waals surface area contributed by atoms with E-state index in [-0.39, 0.29) is 11.9 Å². The number of carbonyl (C=O) groups excluding carboxylic acids is 2. The van der Waals surface area contributed by atoms with E-state index < -0.39 is 24.5 Å². The molecule has 0 aromatic heterocycles. The van der Waals surface area contributed by atoms with Crippen molar-refractivity contribution in [1.29, 1.82) is 0 Å². The van der Waals surface area contributed by atoms with Crippen molar-refractivity contribution >= 4 is 12.0 Å². The molecule has 0 spiro atoms. The minimum Gasteiger partial charge on any atom is -0.444 e. The highest BCUT2D eigenvalue weighted by Crippen LogP contribution is 2.48. The molecule has 6 nitrogen and oxygen atoms in total. The molecule has 0 unspecified atom stereocenters. The Morgan fingerprint density at radius 3 is 2.61 bits per heavy atom. The van der Waals surface area contributed by atoms with Crippen molar-refractivity contribution < 1.29 is 19.4 Å². The average Bonchev–Trinajstić information content (AvgIpc) is 2.86. The fourth-order valence-electron chi connectivity index (χ4n) is 2.46. The van der Waals surface area contributed by atoms with Crippen molar-refractivity contribution in [2.24, 2.45) is 5.92 Å². The average molecular weight is 256 g/mol. The van der Waals surface area contributed by atoms with Crippen LogP contribution in [0.15, 0.2) is 0 Å². The molecule has 0 radical (unpaired) electrons. The summed E-state index contributed by atoms with van der Waals surface area (Å²) in [5.74, 6) is 0.0996. The van der Waals surface area contributed by atoms with Gasteiger partial charge in [0, 0.05) is 6.04 Å². The first-order chi connectivity index (χ1) is 8.33. The predicted octanol–water partition coefficient (Wildman–Crippen LogP) is 0.450. The number of likely N-dealkylation sites (tertiary alicyclic amines) is 1.